The number of pyridine rings is 1. The van der Waals surface area contributed by atoms with Crippen LogP contribution >= 0.6 is 0 Å². The average Bonchev–Trinajstić information content (AvgIpc) is 2.97. The van der Waals surface area contributed by atoms with Gasteiger partial charge >= 0.3 is 0 Å². The molecule has 3 amide bonds. The fourth-order valence-electron chi connectivity index (χ4n) is 3.62. The maximum Gasteiger partial charge on any atom is 0.255 e. The Morgan fingerprint density at radius 2 is 1.89 bits per heavy atom. The van der Waals surface area contributed by atoms with E-state index in [0.717, 1.165) is 0 Å². The van der Waals surface area contributed by atoms with Crippen LogP contribution in [0.15, 0.2) is 18.2 Å². The number of imide groups is 1. The molecule has 0 saturated carbocycles. The van der Waals surface area contributed by atoms with Crippen molar-refractivity contribution in [2.75, 3.05) is 5.73 Å². The summed E-state index contributed by atoms with van der Waals surface area (Å²) in [5, 5.41) is 2.20. The lowest BCUT2D eigenvalue weighted by Crippen LogP contribution is -2.52. The number of piperidine rings is 1. The van der Waals surface area contributed by atoms with Crippen LogP contribution in [0.1, 0.15) is 34.3 Å². The Hall–Kier alpha value is -3.36. The number of aromatic nitrogens is 1. The van der Waals surface area contributed by atoms with Gasteiger partial charge in [-0.05, 0) is 37.1 Å². The summed E-state index contributed by atoms with van der Waals surface area (Å²) in [6.07, 6.45) is 0.302. The zero-order valence-electron chi connectivity index (χ0n) is 14.9. The van der Waals surface area contributed by atoms with Crippen LogP contribution < -0.4 is 11.1 Å². The summed E-state index contributed by atoms with van der Waals surface area (Å²) in [5.74, 6) is -3.10. The van der Waals surface area contributed by atoms with Crippen LogP contribution in [0, 0.1) is 18.6 Å². The van der Waals surface area contributed by atoms with Crippen molar-refractivity contribution >= 4 is 23.5 Å². The van der Waals surface area contributed by atoms with E-state index in [1.165, 1.54) is 30.0 Å². The molecule has 1 unspecified atom stereocenters. The summed E-state index contributed by atoms with van der Waals surface area (Å²) >= 11 is 0. The van der Waals surface area contributed by atoms with Gasteiger partial charge in [0.15, 0.2) is 11.6 Å². The Balaban J connectivity index is 1.71. The fourth-order valence-corrected chi connectivity index (χ4v) is 3.62. The number of rotatable bonds is 2. The van der Waals surface area contributed by atoms with Gasteiger partial charge in [0.1, 0.15) is 11.9 Å². The SMILES string of the molecule is Cc1cc(-c2ccc3c(c2F)CN(C2CCC(=O)NC2=O)C3=O)nc(N)c1F. The molecule has 1 aromatic carbocycles. The van der Waals surface area contributed by atoms with Crippen LogP contribution in [-0.2, 0) is 16.1 Å². The van der Waals surface area contributed by atoms with Gasteiger partial charge in [0.05, 0.1) is 12.2 Å². The third-order valence-corrected chi connectivity index (χ3v) is 5.09. The first kappa shape index (κ1) is 18.0. The lowest BCUT2D eigenvalue weighted by Gasteiger charge is -2.29. The number of nitrogens with two attached hydrogens (primary N) is 1. The lowest BCUT2D eigenvalue weighted by atomic mass is 10.0. The van der Waals surface area contributed by atoms with Crippen molar-refractivity contribution < 1.29 is 23.2 Å². The number of halogens is 2. The molecule has 7 nitrogen and oxygen atoms in total. The van der Waals surface area contributed by atoms with E-state index in [0.29, 0.717) is 0 Å². The highest BCUT2D eigenvalue weighted by Crippen LogP contribution is 2.34. The monoisotopic (exact) mass is 386 g/mol. The second-order valence-corrected chi connectivity index (χ2v) is 6.88. The normalized spacial score (nSPS) is 19.0. The zero-order valence-corrected chi connectivity index (χ0v) is 14.9. The standard InChI is InChI=1S/C19H16F2N4O3/c1-8-6-12(23-17(22)15(8)20)10-3-2-9-11(16(10)21)7-25(19(9)28)13-4-5-14(26)24-18(13)27/h2-3,6,13H,4-5,7H2,1H3,(H2,22,23)(H,24,26,27). The lowest BCUT2D eigenvalue weighted by molar-refractivity contribution is -0.136. The minimum absolute atomic E-state index is 0.0893. The molecule has 0 spiro atoms. The summed E-state index contributed by atoms with van der Waals surface area (Å²) in [5.41, 5.74) is 6.30. The van der Waals surface area contributed by atoms with Gasteiger partial charge in [-0.3, -0.25) is 19.7 Å². The highest BCUT2D eigenvalue weighted by Gasteiger charge is 2.40. The van der Waals surface area contributed by atoms with E-state index >= 15 is 4.39 Å². The Kier molecular flexibility index (Phi) is 4.10. The Morgan fingerprint density at radius 3 is 2.57 bits per heavy atom. The quantitative estimate of drug-likeness (QED) is 0.764. The molecular formula is C19H16F2N4O3. The third-order valence-electron chi connectivity index (χ3n) is 5.09. The van der Waals surface area contributed by atoms with Gasteiger partial charge in [-0.25, -0.2) is 13.8 Å². The van der Waals surface area contributed by atoms with Gasteiger partial charge in [-0.2, -0.15) is 0 Å². The van der Waals surface area contributed by atoms with Crippen molar-refractivity contribution in [2.45, 2.75) is 32.4 Å². The smallest absolute Gasteiger partial charge is 0.255 e. The molecule has 144 valence electrons. The highest BCUT2D eigenvalue weighted by molar-refractivity contribution is 6.05. The molecule has 2 aliphatic heterocycles. The number of anilines is 1. The predicted octanol–water partition coefficient (Wildman–Crippen LogP) is 1.68. The van der Waals surface area contributed by atoms with Crippen molar-refractivity contribution in [1.29, 1.82) is 0 Å². The van der Waals surface area contributed by atoms with Crippen molar-refractivity contribution in [3.05, 3.63) is 46.5 Å². The summed E-state index contributed by atoms with van der Waals surface area (Å²) in [7, 11) is 0. The maximum atomic E-state index is 15.2. The van der Waals surface area contributed by atoms with Crippen LogP contribution in [0.5, 0.6) is 0 Å². The molecule has 0 radical (unpaired) electrons. The number of carbonyl (C=O) groups is 3. The Labute approximate surface area is 158 Å². The van der Waals surface area contributed by atoms with Crippen LogP contribution in [0.4, 0.5) is 14.6 Å². The maximum absolute atomic E-state index is 15.2. The summed E-state index contributed by atoms with van der Waals surface area (Å²) in [6.45, 7) is 1.40. The number of hydrogen-bond acceptors (Lipinski definition) is 5. The molecule has 1 aromatic heterocycles. The molecule has 4 rings (SSSR count). The molecule has 2 aliphatic rings. The van der Waals surface area contributed by atoms with Gasteiger partial charge in [-0.15, -0.1) is 0 Å². The van der Waals surface area contributed by atoms with Crippen LogP contribution in [0.3, 0.4) is 0 Å². The van der Waals surface area contributed by atoms with Gasteiger partial charge in [-0.1, -0.05) is 0 Å². The first-order chi connectivity index (χ1) is 13.3. The first-order valence-corrected chi connectivity index (χ1v) is 8.67. The zero-order chi connectivity index (χ0) is 20.2. The van der Waals surface area contributed by atoms with E-state index < -0.39 is 35.4 Å². The molecule has 0 bridgehead atoms. The largest absolute Gasteiger partial charge is 0.381 e. The second kappa shape index (κ2) is 6.36. The number of fused-ring (bicyclic) bond motifs is 1. The van der Waals surface area contributed by atoms with Crippen LogP contribution in [-0.4, -0.2) is 33.6 Å². The minimum Gasteiger partial charge on any atom is -0.381 e. The van der Waals surface area contributed by atoms with E-state index in [1.54, 1.807) is 0 Å². The van der Waals surface area contributed by atoms with Crippen molar-refractivity contribution in [2.24, 2.45) is 0 Å². The number of carbonyl (C=O) groups excluding carboxylic acids is 3. The molecule has 9 heteroatoms. The van der Waals surface area contributed by atoms with Gasteiger partial charge < -0.3 is 10.6 Å². The average molecular weight is 386 g/mol. The molecular weight excluding hydrogens is 370 g/mol. The number of amides is 3. The minimum atomic E-state index is -0.831. The van der Waals surface area contributed by atoms with Crippen LogP contribution in [0.25, 0.3) is 11.3 Å². The number of nitrogens with zero attached hydrogens (tertiary/aromatic N) is 2. The number of benzene rings is 1. The van der Waals surface area contributed by atoms with Gasteiger partial charge in [0.2, 0.25) is 11.8 Å². The Bertz CT molecular complexity index is 1030. The Morgan fingerprint density at radius 1 is 1.18 bits per heavy atom. The second-order valence-electron chi connectivity index (χ2n) is 6.88. The number of hydrogen-bond donors (Lipinski definition) is 2. The summed E-state index contributed by atoms with van der Waals surface area (Å²) in [4.78, 5) is 41.3. The predicted molar refractivity (Wildman–Crippen MR) is 94.8 cm³/mol. The molecule has 1 fully saturated rings. The van der Waals surface area contributed by atoms with Crippen LogP contribution in [0.2, 0.25) is 0 Å². The number of nitrogen functional groups attached to an aromatic ring is 1. The first-order valence-electron chi connectivity index (χ1n) is 8.67. The van der Waals surface area contributed by atoms with E-state index in [4.69, 9.17) is 5.73 Å². The molecule has 0 aliphatic carbocycles. The molecule has 28 heavy (non-hydrogen) atoms. The number of nitrogens with one attached hydrogen (secondary N) is 1. The number of aryl methyl sites for hydroxylation is 1. The van der Waals surface area contributed by atoms with Crippen molar-refractivity contribution in [3.8, 4) is 11.3 Å². The van der Waals surface area contributed by atoms with E-state index in [9.17, 15) is 18.8 Å². The highest BCUT2D eigenvalue weighted by atomic mass is 19.1. The van der Waals surface area contributed by atoms with E-state index in [2.05, 4.69) is 10.3 Å². The molecule has 2 aromatic rings. The summed E-state index contributed by atoms with van der Waals surface area (Å²) < 4.78 is 28.9. The van der Waals surface area contributed by atoms with Crippen molar-refractivity contribution in [3.63, 3.8) is 0 Å². The summed E-state index contributed by atoms with van der Waals surface area (Å²) in [6, 6.07) is 3.39. The molecule has 3 N–H and O–H groups in total. The molecule has 1 atom stereocenters. The molecule has 3 heterocycles. The topological polar surface area (TPSA) is 105 Å². The van der Waals surface area contributed by atoms with E-state index in [1.807, 2.05) is 0 Å². The third kappa shape index (κ3) is 2.70. The van der Waals surface area contributed by atoms with Crippen molar-refractivity contribution in [1.82, 2.24) is 15.2 Å². The fraction of sp³-hybridized carbons (Fsp3) is 0.263. The van der Waals surface area contributed by atoms with Gasteiger partial charge in [0.25, 0.3) is 5.91 Å². The van der Waals surface area contributed by atoms with E-state index in [-0.39, 0.29) is 53.2 Å². The molecule has 1 saturated heterocycles. The van der Waals surface area contributed by atoms with Gasteiger partial charge in [0, 0.05) is 23.1 Å².